The minimum Gasteiger partial charge on any atom is -0.376 e. The second-order valence-electron chi connectivity index (χ2n) is 7.68. The molecule has 1 aromatic heterocycles. The lowest BCUT2D eigenvalue weighted by Gasteiger charge is -2.28. The molecule has 9 heteroatoms. The molecule has 3 heterocycles. The Balaban J connectivity index is 1.55. The summed E-state index contributed by atoms with van der Waals surface area (Å²) in [5.74, 6) is 1.55. The lowest BCUT2D eigenvalue weighted by atomic mass is 10.1. The van der Waals surface area contributed by atoms with E-state index in [9.17, 15) is 10.1 Å². The molecular formula is C20H27N5O3S. The minimum absolute atomic E-state index is 0.165. The van der Waals surface area contributed by atoms with Crippen LogP contribution in [-0.2, 0) is 17.0 Å². The summed E-state index contributed by atoms with van der Waals surface area (Å²) in [6.45, 7) is 5.41. The first kappa shape index (κ1) is 20.2. The molecule has 0 saturated carbocycles. The molecule has 0 bridgehead atoms. The number of benzene rings is 1. The van der Waals surface area contributed by atoms with Crippen LogP contribution in [0.1, 0.15) is 43.2 Å². The third-order valence-electron chi connectivity index (χ3n) is 5.72. The summed E-state index contributed by atoms with van der Waals surface area (Å²) in [4.78, 5) is 13.2. The van der Waals surface area contributed by atoms with Gasteiger partial charge in [-0.1, -0.05) is 23.9 Å². The van der Waals surface area contributed by atoms with Crippen LogP contribution in [0.2, 0.25) is 0 Å². The van der Waals surface area contributed by atoms with Gasteiger partial charge in [0.2, 0.25) is 5.95 Å². The fourth-order valence-corrected chi connectivity index (χ4v) is 5.04. The Kier molecular flexibility index (Phi) is 6.34. The Morgan fingerprint density at radius 3 is 2.79 bits per heavy atom. The maximum Gasteiger partial charge on any atom is 0.272 e. The average Bonchev–Trinajstić information content (AvgIpc) is 3.38. The second kappa shape index (κ2) is 9.13. The minimum atomic E-state index is -0.322. The average molecular weight is 418 g/mol. The van der Waals surface area contributed by atoms with Crippen molar-refractivity contribution in [3.63, 3.8) is 0 Å². The smallest absolute Gasteiger partial charge is 0.272 e. The van der Waals surface area contributed by atoms with E-state index in [0.29, 0.717) is 11.3 Å². The van der Waals surface area contributed by atoms with E-state index < -0.39 is 0 Å². The molecule has 0 N–H and O–H groups in total. The predicted molar refractivity (Wildman–Crippen MR) is 112 cm³/mol. The third kappa shape index (κ3) is 4.56. The van der Waals surface area contributed by atoms with Crippen molar-refractivity contribution in [2.45, 2.75) is 62.6 Å². The van der Waals surface area contributed by atoms with Gasteiger partial charge in [0.05, 0.1) is 17.6 Å². The van der Waals surface area contributed by atoms with Gasteiger partial charge in [-0.15, -0.1) is 10.2 Å². The van der Waals surface area contributed by atoms with E-state index in [1.807, 2.05) is 13.0 Å². The first-order chi connectivity index (χ1) is 14.1. The van der Waals surface area contributed by atoms with Gasteiger partial charge in [-0.3, -0.25) is 14.7 Å². The van der Waals surface area contributed by atoms with Crippen molar-refractivity contribution in [2.75, 3.05) is 24.6 Å². The molecule has 2 aliphatic rings. The maximum absolute atomic E-state index is 11.2. The van der Waals surface area contributed by atoms with Gasteiger partial charge in [0, 0.05) is 37.1 Å². The number of nitro benzene ring substituents is 1. The number of aromatic nitrogens is 3. The normalized spacial score (nSPS) is 19.6. The molecule has 4 rings (SSSR count). The van der Waals surface area contributed by atoms with E-state index >= 15 is 0 Å². The van der Waals surface area contributed by atoms with Crippen LogP contribution in [0.3, 0.4) is 0 Å². The molecule has 29 heavy (non-hydrogen) atoms. The zero-order valence-electron chi connectivity index (χ0n) is 16.7. The standard InChI is InChI=1S/C20H27N5O3S/c1-15-16(7-5-9-18(15)25(26)27)14-29-20-22-21-19(23-10-3-2-4-11-23)24(20)13-17-8-6-12-28-17/h5,7,9,17H,2-4,6,8,10-14H2,1H3/t17-/m1/s1. The van der Waals surface area contributed by atoms with Crippen molar-refractivity contribution in [1.82, 2.24) is 14.8 Å². The second-order valence-corrected chi connectivity index (χ2v) is 8.63. The van der Waals surface area contributed by atoms with Crippen LogP contribution in [-0.4, -0.2) is 45.5 Å². The highest BCUT2D eigenvalue weighted by atomic mass is 32.2. The van der Waals surface area contributed by atoms with Crippen LogP contribution in [0.15, 0.2) is 23.4 Å². The van der Waals surface area contributed by atoms with E-state index in [0.717, 1.165) is 55.8 Å². The van der Waals surface area contributed by atoms with Crippen molar-refractivity contribution in [1.29, 1.82) is 0 Å². The van der Waals surface area contributed by atoms with Crippen LogP contribution < -0.4 is 4.90 Å². The van der Waals surface area contributed by atoms with Crippen molar-refractivity contribution in [3.8, 4) is 0 Å². The molecule has 0 radical (unpaired) electrons. The topological polar surface area (TPSA) is 86.3 Å². The molecule has 0 unspecified atom stereocenters. The largest absolute Gasteiger partial charge is 0.376 e. The quantitative estimate of drug-likeness (QED) is 0.383. The number of anilines is 1. The van der Waals surface area contributed by atoms with Gasteiger partial charge in [0.25, 0.3) is 5.69 Å². The summed E-state index contributed by atoms with van der Waals surface area (Å²) in [6, 6.07) is 5.25. The molecule has 0 spiro atoms. The zero-order chi connectivity index (χ0) is 20.2. The Morgan fingerprint density at radius 2 is 2.07 bits per heavy atom. The summed E-state index contributed by atoms with van der Waals surface area (Å²) >= 11 is 1.59. The van der Waals surface area contributed by atoms with Gasteiger partial charge in [0.1, 0.15) is 0 Å². The summed E-state index contributed by atoms with van der Waals surface area (Å²) < 4.78 is 8.06. The Labute approximate surface area is 174 Å². The molecule has 8 nitrogen and oxygen atoms in total. The third-order valence-corrected chi connectivity index (χ3v) is 6.73. The Hall–Kier alpha value is -2.13. The molecule has 2 aromatic rings. The van der Waals surface area contributed by atoms with Crippen molar-refractivity contribution < 1.29 is 9.66 Å². The number of hydrogen-bond acceptors (Lipinski definition) is 7. The highest BCUT2D eigenvalue weighted by molar-refractivity contribution is 7.98. The van der Waals surface area contributed by atoms with Gasteiger partial charge < -0.3 is 9.64 Å². The first-order valence-corrected chi connectivity index (χ1v) is 11.3. The van der Waals surface area contributed by atoms with E-state index in [1.165, 1.54) is 19.3 Å². The van der Waals surface area contributed by atoms with Gasteiger partial charge in [0.15, 0.2) is 5.16 Å². The van der Waals surface area contributed by atoms with Crippen LogP contribution in [0.5, 0.6) is 0 Å². The molecule has 2 fully saturated rings. The number of piperidine rings is 1. The van der Waals surface area contributed by atoms with E-state index in [-0.39, 0.29) is 16.7 Å². The van der Waals surface area contributed by atoms with E-state index in [1.54, 1.807) is 23.9 Å². The van der Waals surface area contributed by atoms with Crippen molar-refractivity contribution in [2.24, 2.45) is 0 Å². The van der Waals surface area contributed by atoms with Crippen LogP contribution in [0.4, 0.5) is 11.6 Å². The molecule has 2 aliphatic heterocycles. The lowest BCUT2D eigenvalue weighted by Crippen LogP contribution is -2.33. The molecular weight excluding hydrogens is 390 g/mol. The van der Waals surface area contributed by atoms with Crippen molar-refractivity contribution in [3.05, 3.63) is 39.4 Å². The number of rotatable bonds is 7. The Morgan fingerprint density at radius 1 is 1.24 bits per heavy atom. The monoisotopic (exact) mass is 417 g/mol. The zero-order valence-corrected chi connectivity index (χ0v) is 17.6. The highest BCUT2D eigenvalue weighted by Crippen LogP contribution is 2.31. The number of nitro groups is 1. The summed E-state index contributed by atoms with van der Waals surface area (Å²) in [7, 11) is 0. The SMILES string of the molecule is Cc1c(CSc2nnc(N3CCCCC3)n2C[C@H]2CCCO2)cccc1[N+](=O)[O-]. The molecule has 1 atom stereocenters. The lowest BCUT2D eigenvalue weighted by molar-refractivity contribution is -0.385. The molecule has 156 valence electrons. The fraction of sp³-hybridized carbons (Fsp3) is 0.600. The van der Waals surface area contributed by atoms with Gasteiger partial charge in [-0.25, -0.2) is 0 Å². The van der Waals surface area contributed by atoms with E-state index in [2.05, 4.69) is 19.7 Å². The molecule has 2 saturated heterocycles. The number of thioether (sulfide) groups is 1. The summed E-state index contributed by atoms with van der Waals surface area (Å²) in [5.41, 5.74) is 1.83. The van der Waals surface area contributed by atoms with Crippen LogP contribution in [0.25, 0.3) is 0 Å². The molecule has 0 aliphatic carbocycles. The highest BCUT2D eigenvalue weighted by Gasteiger charge is 2.25. The van der Waals surface area contributed by atoms with Crippen LogP contribution >= 0.6 is 11.8 Å². The maximum atomic E-state index is 11.2. The van der Waals surface area contributed by atoms with Crippen LogP contribution in [0, 0.1) is 17.0 Å². The number of nitrogens with zero attached hydrogens (tertiary/aromatic N) is 5. The first-order valence-electron chi connectivity index (χ1n) is 10.3. The predicted octanol–water partition coefficient (Wildman–Crippen LogP) is 3.96. The van der Waals surface area contributed by atoms with Crippen molar-refractivity contribution >= 4 is 23.4 Å². The molecule has 1 aromatic carbocycles. The Bertz CT molecular complexity index is 860. The summed E-state index contributed by atoms with van der Waals surface area (Å²) in [5, 5.41) is 21.1. The van der Waals surface area contributed by atoms with Gasteiger partial charge in [-0.2, -0.15) is 0 Å². The summed E-state index contributed by atoms with van der Waals surface area (Å²) in [6.07, 6.45) is 6.00. The number of ether oxygens (including phenoxy) is 1. The fourth-order valence-electron chi connectivity index (χ4n) is 4.03. The number of hydrogen-bond donors (Lipinski definition) is 0. The van der Waals surface area contributed by atoms with Gasteiger partial charge in [-0.05, 0) is 44.6 Å². The van der Waals surface area contributed by atoms with Gasteiger partial charge >= 0.3 is 0 Å². The molecule has 0 amide bonds. The van der Waals surface area contributed by atoms with E-state index in [4.69, 9.17) is 4.74 Å².